The number of aromatic nitrogens is 4. The van der Waals surface area contributed by atoms with Gasteiger partial charge in [0.1, 0.15) is 11.5 Å². The van der Waals surface area contributed by atoms with E-state index in [1.807, 2.05) is 0 Å². The van der Waals surface area contributed by atoms with Crippen molar-refractivity contribution in [2.45, 2.75) is 102 Å². The molecule has 1 saturated carbocycles. The van der Waals surface area contributed by atoms with Gasteiger partial charge >= 0.3 is 6.03 Å². The van der Waals surface area contributed by atoms with Gasteiger partial charge in [-0.05, 0) is 38.2 Å². The molecule has 2 atom stereocenters. The van der Waals surface area contributed by atoms with E-state index in [4.69, 9.17) is 0 Å². The fourth-order valence-corrected chi connectivity index (χ4v) is 5.28. The minimum absolute atomic E-state index is 0.00593. The summed E-state index contributed by atoms with van der Waals surface area (Å²) in [4.78, 5) is 27.9. The van der Waals surface area contributed by atoms with Crippen LogP contribution in [0.4, 0.5) is 19.4 Å². The lowest BCUT2D eigenvalue weighted by molar-refractivity contribution is 0.231. The highest BCUT2D eigenvalue weighted by atomic mass is 19.1. The van der Waals surface area contributed by atoms with Crippen LogP contribution in [0, 0.1) is 11.6 Å². The second-order valence-corrected chi connectivity index (χ2v) is 10.6. The molecule has 0 aliphatic heterocycles. The maximum Gasteiger partial charge on any atom is 0.315 e. The van der Waals surface area contributed by atoms with E-state index >= 15 is 0 Å². The number of pyridine rings is 1. The molecule has 0 unspecified atom stereocenters. The van der Waals surface area contributed by atoms with Crippen LogP contribution in [0.15, 0.2) is 24.7 Å². The molecule has 0 bridgehead atoms. The number of halogens is 2. The van der Waals surface area contributed by atoms with Gasteiger partial charge in [-0.25, -0.2) is 28.5 Å². The first-order valence-electron chi connectivity index (χ1n) is 14.5. The largest absolute Gasteiger partial charge is 0.365 e. The van der Waals surface area contributed by atoms with Crippen molar-refractivity contribution >= 4 is 22.9 Å². The lowest BCUT2D eigenvalue weighted by Gasteiger charge is -2.30. The number of H-pyrrole nitrogens is 1. The molecule has 39 heavy (non-hydrogen) atoms. The van der Waals surface area contributed by atoms with E-state index in [1.54, 1.807) is 6.20 Å². The molecule has 10 heteroatoms. The Morgan fingerprint density at radius 3 is 2.54 bits per heavy atom. The zero-order valence-corrected chi connectivity index (χ0v) is 22.9. The number of hydrogen-bond acceptors (Lipinski definition) is 5. The molecular formula is C29H41F2N7O. The van der Waals surface area contributed by atoms with Gasteiger partial charge in [-0.3, -0.25) is 0 Å². The zero-order valence-electron chi connectivity index (χ0n) is 22.9. The Kier molecular flexibility index (Phi) is 10.9. The van der Waals surface area contributed by atoms with Gasteiger partial charge in [-0.1, -0.05) is 58.3 Å². The highest BCUT2D eigenvalue weighted by Gasteiger charge is 2.25. The van der Waals surface area contributed by atoms with E-state index < -0.39 is 11.6 Å². The zero-order chi connectivity index (χ0) is 27.5. The number of carbonyl (C=O) groups excluding carboxylic acids is 1. The highest BCUT2D eigenvalue weighted by molar-refractivity contribution is 5.91. The molecule has 3 aromatic rings. The number of fused-ring (bicyclic) bond motifs is 1. The third kappa shape index (κ3) is 8.60. The Morgan fingerprint density at radius 1 is 1.00 bits per heavy atom. The Balaban J connectivity index is 1.21. The molecule has 1 fully saturated rings. The number of carbonyl (C=O) groups is 1. The van der Waals surface area contributed by atoms with Crippen LogP contribution in [-0.4, -0.2) is 44.6 Å². The summed E-state index contributed by atoms with van der Waals surface area (Å²) in [7, 11) is 0. The second-order valence-electron chi connectivity index (χ2n) is 10.6. The van der Waals surface area contributed by atoms with Crippen LogP contribution in [0.25, 0.3) is 22.4 Å². The molecule has 8 nitrogen and oxygen atoms in total. The highest BCUT2D eigenvalue weighted by Crippen LogP contribution is 2.28. The van der Waals surface area contributed by atoms with Crippen molar-refractivity contribution in [2.24, 2.45) is 0 Å². The molecule has 4 N–H and O–H groups in total. The van der Waals surface area contributed by atoms with Gasteiger partial charge in [0.15, 0.2) is 17.5 Å². The minimum Gasteiger partial charge on any atom is -0.365 e. The molecule has 212 valence electrons. The van der Waals surface area contributed by atoms with Crippen molar-refractivity contribution < 1.29 is 13.6 Å². The van der Waals surface area contributed by atoms with Gasteiger partial charge in [0.05, 0.1) is 12.4 Å². The SMILES string of the molecule is CCCCCCCCCCCNC(=O)N[C@@H]1CCC[C@H](Nc2nc(-c3c[nH]c4ncc(F)cc34)ncc2F)C1. The van der Waals surface area contributed by atoms with E-state index in [2.05, 4.69) is 42.8 Å². The van der Waals surface area contributed by atoms with Crippen molar-refractivity contribution in [1.82, 2.24) is 30.6 Å². The number of amides is 2. The van der Waals surface area contributed by atoms with Crippen molar-refractivity contribution in [1.29, 1.82) is 0 Å². The van der Waals surface area contributed by atoms with Gasteiger partial charge in [0.25, 0.3) is 0 Å². The number of aromatic amines is 1. The summed E-state index contributed by atoms with van der Waals surface area (Å²) < 4.78 is 28.4. The molecule has 3 aromatic heterocycles. The van der Waals surface area contributed by atoms with Crippen molar-refractivity contribution in [3.8, 4) is 11.4 Å². The van der Waals surface area contributed by atoms with E-state index in [-0.39, 0.29) is 29.8 Å². The van der Waals surface area contributed by atoms with Gasteiger partial charge in [0.2, 0.25) is 0 Å². The monoisotopic (exact) mass is 541 g/mol. The molecular weight excluding hydrogens is 500 g/mol. The summed E-state index contributed by atoms with van der Waals surface area (Å²) in [6, 6.07) is 1.18. The van der Waals surface area contributed by atoms with Crippen molar-refractivity contribution in [2.75, 3.05) is 11.9 Å². The van der Waals surface area contributed by atoms with E-state index in [1.165, 1.54) is 51.0 Å². The summed E-state index contributed by atoms with van der Waals surface area (Å²) in [5.41, 5.74) is 1.05. The number of rotatable bonds is 14. The molecule has 1 aliphatic rings. The Labute approximate surface area is 229 Å². The molecule has 0 radical (unpaired) electrons. The Bertz CT molecular complexity index is 1200. The first kappa shape index (κ1) is 28.7. The minimum atomic E-state index is -0.559. The first-order chi connectivity index (χ1) is 19.0. The van der Waals surface area contributed by atoms with Gasteiger partial charge in [0, 0.05) is 35.8 Å². The van der Waals surface area contributed by atoms with Crippen molar-refractivity contribution in [3.05, 3.63) is 36.3 Å². The maximum absolute atomic E-state index is 14.6. The number of hydrogen-bond donors (Lipinski definition) is 4. The van der Waals surface area contributed by atoms with Gasteiger partial charge < -0.3 is 20.9 Å². The van der Waals surface area contributed by atoms with Crippen LogP contribution in [0.1, 0.15) is 90.4 Å². The standard InChI is InChI=1S/C29H41F2N7O/c1-2-3-4-5-6-7-8-9-10-14-32-29(39)37-22-13-11-12-21(16-22)36-28-25(31)19-35-27(38-28)24-18-34-26-23(24)15-20(30)17-33-26/h15,17-19,21-22H,2-14,16H2,1H3,(H,33,34)(H2,32,37,39)(H,35,36,38)/t21-,22+/m0/s1. The normalized spacial score (nSPS) is 17.3. The average molecular weight is 542 g/mol. The average Bonchev–Trinajstić information content (AvgIpc) is 3.34. The fourth-order valence-electron chi connectivity index (χ4n) is 5.28. The van der Waals surface area contributed by atoms with Crippen molar-refractivity contribution in [3.63, 3.8) is 0 Å². The predicted molar refractivity (Wildman–Crippen MR) is 150 cm³/mol. The van der Waals surface area contributed by atoms with Crippen LogP contribution in [0.5, 0.6) is 0 Å². The number of urea groups is 1. The van der Waals surface area contributed by atoms with Gasteiger partial charge in [-0.2, -0.15) is 0 Å². The lowest BCUT2D eigenvalue weighted by atomic mass is 9.91. The van der Waals surface area contributed by atoms with Crippen LogP contribution in [0.2, 0.25) is 0 Å². The summed E-state index contributed by atoms with van der Waals surface area (Å²) >= 11 is 0. The predicted octanol–water partition coefficient (Wildman–Crippen LogP) is 6.85. The summed E-state index contributed by atoms with van der Waals surface area (Å²) in [5.74, 6) is -0.656. The van der Waals surface area contributed by atoms with Crippen LogP contribution in [0.3, 0.4) is 0 Å². The maximum atomic E-state index is 14.6. The molecule has 3 heterocycles. The summed E-state index contributed by atoms with van der Waals surface area (Å²) in [5, 5.41) is 9.79. The lowest BCUT2D eigenvalue weighted by Crippen LogP contribution is -2.46. The van der Waals surface area contributed by atoms with Crippen LogP contribution < -0.4 is 16.0 Å². The molecule has 2 amide bonds. The number of anilines is 1. The van der Waals surface area contributed by atoms with E-state index in [0.29, 0.717) is 29.6 Å². The Morgan fingerprint density at radius 2 is 1.74 bits per heavy atom. The number of nitrogens with one attached hydrogen (secondary N) is 4. The topological polar surface area (TPSA) is 108 Å². The smallest absolute Gasteiger partial charge is 0.315 e. The van der Waals surface area contributed by atoms with Crippen LogP contribution in [-0.2, 0) is 0 Å². The first-order valence-corrected chi connectivity index (χ1v) is 14.5. The third-order valence-electron chi connectivity index (χ3n) is 7.40. The molecule has 0 aromatic carbocycles. The molecule has 4 rings (SSSR count). The third-order valence-corrected chi connectivity index (χ3v) is 7.40. The second kappa shape index (κ2) is 14.7. The molecule has 0 saturated heterocycles. The quantitative estimate of drug-likeness (QED) is 0.167. The van der Waals surface area contributed by atoms with Gasteiger partial charge in [-0.15, -0.1) is 0 Å². The fraction of sp³-hybridized carbons (Fsp3) is 0.586. The summed E-state index contributed by atoms with van der Waals surface area (Å²) in [6.07, 6.45) is 18.4. The summed E-state index contributed by atoms with van der Waals surface area (Å²) in [6.45, 7) is 2.91. The molecule has 0 spiro atoms. The number of unbranched alkanes of at least 4 members (excludes halogenated alkanes) is 8. The number of nitrogens with zero attached hydrogens (tertiary/aromatic N) is 3. The Hall–Kier alpha value is -3.30. The molecule has 1 aliphatic carbocycles. The van der Waals surface area contributed by atoms with Crippen LogP contribution >= 0.6 is 0 Å². The van der Waals surface area contributed by atoms with E-state index in [9.17, 15) is 13.6 Å². The van der Waals surface area contributed by atoms with E-state index in [0.717, 1.165) is 44.5 Å².